The fourth-order valence-corrected chi connectivity index (χ4v) is 4.50. The molecule has 0 saturated carbocycles. The van der Waals surface area contributed by atoms with E-state index in [2.05, 4.69) is 4.18 Å². The number of hydrogen-bond donors (Lipinski definition) is 0. The van der Waals surface area contributed by atoms with E-state index >= 15 is 0 Å². The second-order valence-electron chi connectivity index (χ2n) is 6.87. The monoisotopic (exact) mass is 416 g/mol. The molecule has 7 heteroatoms. The fourth-order valence-electron chi connectivity index (χ4n) is 3.60. The third-order valence-electron chi connectivity index (χ3n) is 5.00. The normalized spacial score (nSPS) is 15.8. The molecule has 150 valence electrons. The maximum absolute atomic E-state index is 14.4. The first-order valence-electron chi connectivity index (χ1n) is 8.96. The van der Waals surface area contributed by atoms with Crippen molar-refractivity contribution in [2.45, 2.75) is 24.3 Å². The standard InChI is InChI=1S/C22H18F2O4S/c1-13-9-10-20(29(25,26)27-2)17(11-13)19-12-14-5-3-7-16(22(14)28-19)15-6-4-8-18(23)21(15)24/h3-11,19H,12H2,1-2H3. The first-order valence-corrected chi connectivity index (χ1v) is 10.4. The summed E-state index contributed by atoms with van der Waals surface area (Å²) in [5, 5.41) is 0. The van der Waals surface area contributed by atoms with Crippen LogP contribution in [0.15, 0.2) is 59.5 Å². The van der Waals surface area contributed by atoms with Crippen molar-refractivity contribution in [3.05, 3.63) is 82.9 Å². The van der Waals surface area contributed by atoms with Gasteiger partial charge in [-0.2, -0.15) is 8.42 Å². The smallest absolute Gasteiger partial charge is 0.297 e. The second kappa shape index (κ2) is 7.24. The van der Waals surface area contributed by atoms with Crippen LogP contribution in [0.5, 0.6) is 5.75 Å². The molecule has 29 heavy (non-hydrogen) atoms. The van der Waals surface area contributed by atoms with Crippen molar-refractivity contribution in [3.63, 3.8) is 0 Å². The van der Waals surface area contributed by atoms with Gasteiger partial charge in [0.2, 0.25) is 0 Å². The van der Waals surface area contributed by atoms with E-state index < -0.39 is 27.9 Å². The molecule has 0 aromatic heterocycles. The molecule has 0 bridgehead atoms. The minimum absolute atomic E-state index is 0.0295. The molecule has 1 aliphatic heterocycles. The zero-order valence-corrected chi connectivity index (χ0v) is 16.6. The predicted octanol–water partition coefficient (Wildman–Crippen LogP) is 4.95. The third-order valence-corrected chi connectivity index (χ3v) is 6.35. The average molecular weight is 416 g/mol. The highest BCUT2D eigenvalue weighted by Gasteiger charge is 2.32. The molecule has 3 aromatic rings. The highest BCUT2D eigenvalue weighted by Crippen LogP contribution is 2.45. The van der Waals surface area contributed by atoms with Crippen LogP contribution in [0.3, 0.4) is 0 Å². The Balaban J connectivity index is 1.81. The van der Waals surface area contributed by atoms with Crippen molar-refractivity contribution in [1.29, 1.82) is 0 Å². The van der Waals surface area contributed by atoms with Crippen LogP contribution < -0.4 is 4.74 Å². The second-order valence-corrected chi connectivity index (χ2v) is 8.55. The van der Waals surface area contributed by atoms with Crippen molar-refractivity contribution < 1.29 is 26.1 Å². The van der Waals surface area contributed by atoms with E-state index in [9.17, 15) is 17.2 Å². The number of fused-ring (bicyclic) bond motifs is 1. The van der Waals surface area contributed by atoms with Crippen LogP contribution in [0.4, 0.5) is 8.78 Å². The molecule has 1 aliphatic rings. The highest BCUT2D eigenvalue weighted by molar-refractivity contribution is 7.86. The van der Waals surface area contributed by atoms with Crippen LogP contribution in [-0.2, 0) is 20.7 Å². The van der Waals surface area contributed by atoms with Gasteiger partial charge >= 0.3 is 0 Å². The SMILES string of the molecule is COS(=O)(=O)c1ccc(C)cc1C1Cc2cccc(-c3cccc(F)c3F)c2O1. The summed E-state index contributed by atoms with van der Waals surface area (Å²) in [7, 11) is -2.83. The zero-order chi connectivity index (χ0) is 20.8. The van der Waals surface area contributed by atoms with Gasteiger partial charge in [0.15, 0.2) is 11.6 Å². The Morgan fingerprint density at radius 1 is 1.03 bits per heavy atom. The largest absolute Gasteiger partial charge is 0.484 e. The molecule has 1 atom stereocenters. The first-order chi connectivity index (χ1) is 13.8. The number of halogens is 2. The molecule has 0 amide bonds. The number of aryl methyl sites for hydroxylation is 1. The number of para-hydroxylation sites is 1. The van der Waals surface area contributed by atoms with Crippen molar-refractivity contribution in [2.75, 3.05) is 7.11 Å². The minimum atomic E-state index is -3.93. The Hall–Kier alpha value is -2.77. The molecule has 0 N–H and O–H groups in total. The van der Waals surface area contributed by atoms with Crippen molar-refractivity contribution >= 4 is 10.1 Å². The fraction of sp³-hybridized carbons (Fsp3) is 0.182. The zero-order valence-electron chi connectivity index (χ0n) is 15.8. The summed E-state index contributed by atoms with van der Waals surface area (Å²) < 4.78 is 63.6. The van der Waals surface area contributed by atoms with Gasteiger partial charge in [0.1, 0.15) is 16.7 Å². The van der Waals surface area contributed by atoms with Gasteiger partial charge in [-0.05, 0) is 24.6 Å². The van der Waals surface area contributed by atoms with Gasteiger partial charge in [0, 0.05) is 23.1 Å². The predicted molar refractivity (Wildman–Crippen MR) is 104 cm³/mol. The topological polar surface area (TPSA) is 52.6 Å². The molecule has 0 spiro atoms. The Morgan fingerprint density at radius 2 is 1.76 bits per heavy atom. The number of rotatable bonds is 4. The molecule has 4 rings (SSSR count). The molecule has 3 aromatic carbocycles. The Morgan fingerprint density at radius 3 is 2.52 bits per heavy atom. The van der Waals surface area contributed by atoms with E-state index in [0.29, 0.717) is 23.3 Å². The van der Waals surface area contributed by atoms with Gasteiger partial charge in [-0.25, -0.2) is 8.78 Å². The first kappa shape index (κ1) is 19.5. The Kier molecular flexibility index (Phi) is 4.88. The molecule has 1 heterocycles. The van der Waals surface area contributed by atoms with Crippen LogP contribution in [0.2, 0.25) is 0 Å². The van der Waals surface area contributed by atoms with E-state index in [4.69, 9.17) is 4.74 Å². The maximum atomic E-state index is 14.4. The molecular weight excluding hydrogens is 398 g/mol. The summed E-state index contributed by atoms with van der Waals surface area (Å²) in [6, 6.07) is 14.1. The molecular formula is C22H18F2O4S. The molecule has 0 aliphatic carbocycles. The minimum Gasteiger partial charge on any atom is -0.484 e. The van der Waals surface area contributed by atoms with Gasteiger partial charge in [0.25, 0.3) is 10.1 Å². The number of ether oxygens (including phenoxy) is 1. The van der Waals surface area contributed by atoms with Crippen LogP contribution in [0.1, 0.15) is 22.8 Å². The maximum Gasteiger partial charge on any atom is 0.297 e. The Bertz CT molecular complexity index is 1210. The van der Waals surface area contributed by atoms with Crippen LogP contribution in [0.25, 0.3) is 11.1 Å². The number of hydrogen-bond acceptors (Lipinski definition) is 4. The van der Waals surface area contributed by atoms with Crippen molar-refractivity contribution in [3.8, 4) is 16.9 Å². The van der Waals surface area contributed by atoms with Crippen LogP contribution in [-0.4, -0.2) is 15.5 Å². The lowest BCUT2D eigenvalue weighted by Crippen LogP contribution is -2.12. The molecule has 1 unspecified atom stereocenters. The van der Waals surface area contributed by atoms with E-state index in [1.165, 1.54) is 18.2 Å². The summed E-state index contributed by atoms with van der Waals surface area (Å²) in [4.78, 5) is 0.0295. The van der Waals surface area contributed by atoms with Crippen molar-refractivity contribution in [2.24, 2.45) is 0 Å². The Labute approximate surface area is 167 Å². The van der Waals surface area contributed by atoms with Gasteiger partial charge in [0.05, 0.1) is 7.11 Å². The quantitative estimate of drug-likeness (QED) is 0.565. The molecule has 0 saturated heterocycles. The summed E-state index contributed by atoms with van der Waals surface area (Å²) in [5.74, 6) is -1.47. The highest BCUT2D eigenvalue weighted by atomic mass is 32.2. The lowest BCUT2D eigenvalue weighted by Gasteiger charge is -2.17. The van der Waals surface area contributed by atoms with E-state index in [1.807, 2.05) is 13.0 Å². The third kappa shape index (κ3) is 3.41. The number of benzene rings is 3. The van der Waals surface area contributed by atoms with Gasteiger partial charge in [-0.1, -0.05) is 48.0 Å². The van der Waals surface area contributed by atoms with Crippen LogP contribution >= 0.6 is 0 Å². The van der Waals surface area contributed by atoms with Gasteiger partial charge in [-0.3, -0.25) is 4.18 Å². The van der Waals surface area contributed by atoms with E-state index in [0.717, 1.165) is 24.3 Å². The van der Waals surface area contributed by atoms with Gasteiger partial charge < -0.3 is 4.74 Å². The van der Waals surface area contributed by atoms with E-state index in [1.54, 1.807) is 24.3 Å². The van der Waals surface area contributed by atoms with Gasteiger partial charge in [-0.15, -0.1) is 0 Å². The lowest BCUT2D eigenvalue weighted by molar-refractivity contribution is 0.235. The van der Waals surface area contributed by atoms with Crippen LogP contribution in [0, 0.1) is 18.6 Å². The molecule has 0 radical (unpaired) electrons. The lowest BCUT2D eigenvalue weighted by atomic mass is 9.98. The molecule has 0 fully saturated rings. The summed E-state index contributed by atoms with van der Waals surface area (Å²) in [5.41, 5.74) is 2.64. The summed E-state index contributed by atoms with van der Waals surface area (Å²) in [6.45, 7) is 1.85. The summed E-state index contributed by atoms with van der Waals surface area (Å²) >= 11 is 0. The molecule has 4 nitrogen and oxygen atoms in total. The summed E-state index contributed by atoms with van der Waals surface area (Å²) in [6.07, 6.45) is -0.196. The van der Waals surface area contributed by atoms with Crippen molar-refractivity contribution in [1.82, 2.24) is 0 Å². The average Bonchev–Trinajstić information content (AvgIpc) is 3.14. The van der Waals surface area contributed by atoms with E-state index in [-0.39, 0.29) is 10.5 Å².